The Hall–Kier alpha value is -3.35. The van der Waals surface area contributed by atoms with Gasteiger partial charge in [-0.1, -0.05) is 18.2 Å². The molecular formula is C21H24N6O. The van der Waals surface area contributed by atoms with Crippen LogP contribution in [0, 0.1) is 0 Å². The van der Waals surface area contributed by atoms with Crippen LogP contribution in [0.25, 0.3) is 0 Å². The highest BCUT2D eigenvalue weighted by atomic mass is 16.5. The summed E-state index contributed by atoms with van der Waals surface area (Å²) in [5.74, 6) is 2.19. The average Bonchev–Trinajstić information content (AvgIpc) is 2.76. The summed E-state index contributed by atoms with van der Waals surface area (Å²) in [7, 11) is 0. The minimum Gasteiger partial charge on any atom is -0.494 e. The van der Waals surface area contributed by atoms with Gasteiger partial charge in [-0.05, 0) is 43.3 Å². The van der Waals surface area contributed by atoms with Crippen LogP contribution >= 0.6 is 0 Å². The van der Waals surface area contributed by atoms with Gasteiger partial charge in [0.15, 0.2) is 5.82 Å². The Morgan fingerprint density at radius 2 is 1.64 bits per heavy atom. The minimum atomic E-state index is 0.656. The molecule has 144 valence electrons. The van der Waals surface area contributed by atoms with Crippen LogP contribution in [0.3, 0.4) is 0 Å². The summed E-state index contributed by atoms with van der Waals surface area (Å²) in [5.41, 5.74) is 2.19. The van der Waals surface area contributed by atoms with Crippen molar-refractivity contribution in [2.45, 2.75) is 6.92 Å². The van der Waals surface area contributed by atoms with Crippen molar-refractivity contribution in [1.29, 1.82) is 0 Å². The van der Waals surface area contributed by atoms with E-state index < -0.39 is 0 Å². The molecule has 0 aliphatic carbocycles. The first-order chi connectivity index (χ1) is 13.8. The van der Waals surface area contributed by atoms with Crippen LogP contribution in [0.5, 0.6) is 5.75 Å². The van der Waals surface area contributed by atoms with Crippen LogP contribution in [-0.2, 0) is 0 Å². The molecule has 1 saturated heterocycles. The normalized spacial score (nSPS) is 14.0. The number of anilines is 4. The van der Waals surface area contributed by atoms with E-state index in [0.29, 0.717) is 18.4 Å². The first kappa shape index (κ1) is 18.0. The van der Waals surface area contributed by atoms with Crippen molar-refractivity contribution in [2.24, 2.45) is 0 Å². The molecule has 0 unspecified atom stereocenters. The Bertz CT molecular complexity index is 879. The molecule has 2 heterocycles. The van der Waals surface area contributed by atoms with E-state index in [1.807, 2.05) is 37.3 Å². The summed E-state index contributed by atoms with van der Waals surface area (Å²) in [6.07, 6.45) is 1.64. The van der Waals surface area contributed by atoms with Gasteiger partial charge < -0.3 is 19.9 Å². The van der Waals surface area contributed by atoms with Gasteiger partial charge in [-0.15, -0.1) is 5.10 Å². The predicted molar refractivity (Wildman–Crippen MR) is 112 cm³/mol. The summed E-state index contributed by atoms with van der Waals surface area (Å²) in [4.78, 5) is 9.20. The van der Waals surface area contributed by atoms with Gasteiger partial charge in [0.25, 0.3) is 0 Å². The minimum absolute atomic E-state index is 0.656. The third-order valence-electron chi connectivity index (χ3n) is 4.67. The maximum absolute atomic E-state index is 5.47. The molecule has 28 heavy (non-hydrogen) atoms. The molecule has 1 fully saturated rings. The van der Waals surface area contributed by atoms with Gasteiger partial charge in [-0.3, -0.25) is 0 Å². The highest BCUT2D eigenvalue weighted by Crippen LogP contribution is 2.21. The van der Waals surface area contributed by atoms with Gasteiger partial charge in [0, 0.05) is 37.6 Å². The fraction of sp³-hybridized carbons (Fsp3) is 0.286. The Morgan fingerprint density at radius 1 is 0.929 bits per heavy atom. The molecule has 0 radical (unpaired) electrons. The van der Waals surface area contributed by atoms with Crippen molar-refractivity contribution in [1.82, 2.24) is 15.2 Å². The van der Waals surface area contributed by atoms with Gasteiger partial charge in [-0.25, -0.2) is 0 Å². The van der Waals surface area contributed by atoms with E-state index in [0.717, 1.165) is 37.6 Å². The monoisotopic (exact) mass is 376 g/mol. The highest BCUT2D eigenvalue weighted by Gasteiger charge is 2.19. The summed E-state index contributed by atoms with van der Waals surface area (Å²) >= 11 is 0. The van der Waals surface area contributed by atoms with Gasteiger partial charge in [0.2, 0.25) is 5.95 Å². The standard InChI is InChI=1S/C21H24N6O/c1-2-28-19-10-8-17(9-11-19)23-20-16-22-25-21(24-20)27-14-12-26(13-15-27)18-6-4-3-5-7-18/h3-11,16H,2,12-15H2,1H3,(H,23,24,25). The highest BCUT2D eigenvalue weighted by molar-refractivity contribution is 5.57. The predicted octanol–water partition coefficient (Wildman–Crippen LogP) is 3.34. The molecule has 7 heteroatoms. The van der Waals surface area contributed by atoms with E-state index in [4.69, 9.17) is 4.74 Å². The SMILES string of the molecule is CCOc1ccc(Nc2cnnc(N3CCN(c4ccccc4)CC3)n2)cc1. The molecular weight excluding hydrogens is 352 g/mol. The summed E-state index contributed by atoms with van der Waals surface area (Å²) in [6.45, 7) is 6.23. The Balaban J connectivity index is 1.39. The number of nitrogens with zero attached hydrogens (tertiary/aromatic N) is 5. The topological polar surface area (TPSA) is 66.4 Å². The number of hydrogen-bond donors (Lipinski definition) is 1. The molecule has 0 saturated carbocycles. The number of rotatable bonds is 6. The second-order valence-electron chi connectivity index (χ2n) is 6.53. The summed E-state index contributed by atoms with van der Waals surface area (Å²) in [6, 6.07) is 18.3. The molecule has 1 N–H and O–H groups in total. The smallest absolute Gasteiger partial charge is 0.247 e. The van der Waals surface area contributed by atoms with Gasteiger partial charge in [0.1, 0.15) is 5.75 Å². The van der Waals surface area contributed by atoms with E-state index in [9.17, 15) is 0 Å². The number of aromatic nitrogens is 3. The van der Waals surface area contributed by atoms with E-state index in [1.165, 1.54) is 5.69 Å². The number of nitrogens with one attached hydrogen (secondary N) is 1. The van der Waals surface area contributed by atoms with Crippen molar-refractivity contribution in [3.63, 3.8) is 0 Å². The lowest BCUT2D eigenvalue weighted by Crippen LogP contribution is -2.47. The fourth-order valence-electron chi connectivity index (χ4n) is 3.24. The van der Waals surface area contributed by atoms with E-state index in [-0.39, 0.29) is 0 Å². The number of para-hydroxylation sites is 1. The summed E-state index contributed by atoms with van der Waals surface area (Å²) < 4.78 is 5.47. The fourth-order valence-corrected chi connectivity index (χ4v) is 3.24. The lowest BCUT2D eigenvalue weighted by molar-refractivity contribution is 0.340. The van der Waals surface area contributed by atoms with E-state index >= 15 is 0 Å². The van der Waals surface area contributed by atoms with Crippen LogP contribution < -0.4 is 19.9 Å². The molecule has 0 amide bonds. The first-order valence-corrected chi connectivity index (χ1v) is 9.56. The van der Waals surface area contributed by atoms with Crippen molar-refractivity contribution >= 4 is 23.1 Å². The van der Waals surface area contributed by atoms with E-state index in [1.54, 1.807) is 6.20 Å². The van der Waals surface area contributed by atoms with E-state index in [2.05, 4.69) is 54.6 Å². The lowest BCUT2D eigenvalue weighted by Gasteiger charge is -2.35. The van der Waals surface area contributed by atoms with Crippen LogP contribution in [0.2, 0.25) is 0 Å². The van der Waals surface area contributed by atoms with Crippen molar-refractivity contribution in [3.8, 4) is 5.75 Å². The number of piperazine rings is 1. The first-order valence-electron chi connectivity index (χ1n) is 9.56. The second-order valence-corrected chi connectivity index (χ2v) is 6.53. The van der Waals surface area contributed by atoms with Crippen molar-refractivity contribution in [2.75, 3.05) is 47.9 Å². The van der Waals surface area contributed by atoms with Crippen molar-refractivity contribution < 1.29 is 4.74 Å². The third kappa shape index (κ3) is 4.31. The summed E-state index contributed by atoms with van der Waals surface area (Å²) in [5, 5.41) is 11.6. The molecule has 0 bridgehead atoms. The lowest BCUT2D eigenvalue weighted by atomic mass is 10.2. The van der Waals surface area contributed by atoms with Gasteiger partial charge in [0.05, 0.1) is 12.8 Å². The Kier molecular flexibility index (Phi) is 5.51. The Labute approximate surface area is 165 Å². The number of benzene rings is 2. The number of hydrogen-bond acceptors (Lipinski definition) is 7. The van der Waals surface area contributed by atoms with Crippen LogP contribution in [0.15, 0.2) is 60.8 Å². The van der Waals surface area contributed by atoms with Gasteiger partial charge in [-0.2, -0.15) is 10.1 Å². The van der Waals surface area contributed by atoms with Crippen LogP contribution in [0.4, 0.5) is 23.1 Å². The molecule has 0 atom stereocenters. The average molecular weight is 376 g/mol. The molecule has 3 aromatic rings. The molecule has 0 spiro atoms. The Morgan fingerprint density at radius 3 is 2.36 bits per heavy atom. The maximum Gasteiger partial charge on any atom is 0.247 e. The van der Waals surface area contributed by atoms with Gasteiger partial charge >= 0.3 is 0 Å². The zero-order valence-electron chi connectivity index (χ0n) is 16.0. The second kappa shape index (κ2) is 8.56. The van der Waals surface area contributed by atoms with Crippen LogP contribution in [-0.4, -0.2) is 48.0 Å². The molecule has 2 aromatic carbocycles. The number of ether oxygens (including phenoxy) is 1. The molecule has 1 aliphatic heterocycles. The maximum atomic E-state index is 5.47. The largest absolute Gasteiger partial charge is 0.494 e. The molecule has 1 aliphatic rings. The molecule has 7 nitrogen and oxygen atoms in total. The van der Waals surface area contributed by atoms with Crippen molar-refractivity contribution in [3.05, 3.63) is 60.8 Å². The quantitative estimate of drug-likeness (QED) is 0.708. The molecule has 1 aromatic heterocycles. The molecule has 4 rings (SSSR count). The third-order valence-corrected chi connectivity index (χ3v) is 4.67. The zero-order valence-corrected chi connectivity index (χ0v) is 16.0. The van der Waals surface area contributed by atoms with Crippen LogP contribution in [0.1, 0.15) is 6.92 Å². The zero-order chi connectivity index (χ0) is 19.2.